The lowest BCUT2D eigenvalue weighted by atomic mass is 10.1. The number of anilines is 1. The molecule has 1 amide bonds. The first kappa shape index (κ1) is 14.2. The van der Waals surface area contributed by atoms with Gasteiger partial charge in [-0.05, 0) is 25.2 Å². The Balaban J connectivity index is 2.94. The Kier molecular flexibility index (Phi) is 5.32. The molecule has 0 aliphatic heterocycles. The van der Waals surface area contributed by atoms with Crippen LogP contribution in [0.2, 0.25) is 0 Å². The lowest BCUT2D eigenvalue weighted by Gasteiger charge is -2.10. The summed E-state index contributed by atoms with van der Waals surface area (Å²) >= 11 is 0. The van der Waals surface area contributed by atoms with Gasteiger partial charge in [0.25, 0.3) is 0 Å². The molecule has 5 heteroatoms. The van der Waals surface area contributed by atoms with Crippen LogP contribution in [0.25, 0.3) is 0 Å². The molecule has 1 aromatic carbocycles. The zero-order valence-corrected chi connectivity index (χ0v) is 10.9. The number of carbonyl (C=O) groups is 2. The smallest absolute Gasteiger partial charge is 0.221 e. The largest absolute Gasteiger partial charge is 0.495 e. The Morgan fingerprint density at radius 1 is 1.33 bits per heavy atom. The van der Waals surface area contributed by atoms with E-state index in [0.29, 0.717) is 30.0 Å². The molecular weight excluding hydrogens is 232 g/mol. The van der Waals surface area contributed by atoms with Crippen LogP contribution in [-0.4, -0.2) is 32.4 Å². The van der Waals surface area contributed by atoms with E-state index in [2.05, 4.69) is 10.6 Å². The van der Waals surface area contributed by atoms with Crippen molar-refractivity contribution in [1.29, 1.82) is 0 Å². The van der Waals surface area contributed by atoms with Crippen LogP contribution in [0.15, 0.2) is 18.2 Å². The zero-order valence-electron chi connectivity index (χ0n) is 10.9. The number of rotatable bonds is 6. The highest BCUT2D eigenvalue weighted by Gasteiger charge is 2.10. The lowest BCUT2D eigenvalue weighted by Crippen LogP contribution is -2.14. The molecule has 18 heavy (non-hydrogen) atoms. The van der Waals surface area contributed by atoms with E-state index in [1.54, 1.807) is 25.2 Å². The summed E-state index contributed by atoms with van der Waals surface area (Å²) in [7, 11) is 3.31. The van der Waals surface area contributed by atoms with Crippen molar-refractivity contribution in [1.82, 2.24) is 5.32 Å². The number of ketones is 1. The molecule has 5 nitrogen and oxygen atoms in total. The summed E-state index contributed by atoms with van der Waals surface area (Å²) in [6, 6.07) is 5.01. The van der Waals surface area contributed by atoms with Gasteiger partial charge in [0.15, 0.2) is 5.78 Å². The standard InChI is InChI=1S/C13H18N2O3/c1-9(16)15-11-8-10(4-5-13(11)18-3)12(17)6-7-14-2/h4-5,8,14H,6-7H2,1-3H3,(H,15,16). The zero-order chi connectivity index (χ0) is 13.5. The van der Waals surface area contributed by atoms with Crippen molar-refractivity contribution in [2.75, 3.05) is 26.0 Å². The first-order valence-corrected chi connectivity index (χ1v) is 5.72. The summed E-state index contributed by atoms with van der Waals surface area (Å²) < 4.78 is 5.12. The van der Waals surface area contributed by atoms with Crippen LogP contribution in [0.3, 0.4) is 0 Å². The molecule has 1 aromatic rings. The number of amides is 1. The molecule has 0 unspecified atom stereocenters. The van der Waals surface area contributed by atoms with Crippen LogP contribution in [0.4, 0.5) is 5.69 Å². The third kappa shape index (κ3) is 3.85. The van der Waals surface area contributed by atoms with Gasteiger partial charge in [0.1, 0.15) is 5.75 Å². The SMILES string of the molecule is CNCCC(=O)c1ccc(OC)c(NC(C)=O)c1. The molecule has 0 bridgehead atoms. The first-order valence-electron chi connectivity index (χ1n) is 5.72. The van der Waals surface area contributed by atoms with E-state index in [1.807, 2.05) is 0 Å². The van der Waals surface area contributed by atoms with Crippen molar-refractivity contribution < 1.29 is 14.3 Å². The molecule has 0 atom stereocenters. The third-order valence-corrected chi connectivity index (χ3v) is 2.43. The molecule has 0 aliphatic carbocycles. The quantitative estimate of drug-likeness (QED) is 0.750. The minimum absolute atomic E-state index is 0.0265. The number of hydrogen-bond donors (Lipinski definition) is 2. The second-order valence-electron chi connectivity index (χ2n) is 3.87. The number of benzene rings is 1. The molecule has 98 valence electrons. The predicted molar refractivity (Wildman–Crippen MR) is 70.2 cm³/mol. The van der Waals surface area contributed by atoms with Gasteiger partial charge in [-0.2, -0.15) is 0 Å². The van der Waals surface area contributed by atoms with E-state index >= 15 is 0 Å². The van der Waals surface area contributed by atoms with Crippen molar-refractivity contribution >= 4 is 17.4 Å². The number of carbonyl (C=O) groups excluding carboxylic acids is 2. The summed E-state index contributed by atoms with van der Waals surface area (Å²) in [6.07, 6.45) is 0.419. The number of Topliss-reactive ketones (excluding diaryl/α,β-unsaturated/α-hetero) is 1. The minimum Gasteiger partial charge on any atom is -0.495 e. The molecule has 0 aliphatic rings. The van der Waals surface area contributed by atoms with Gasteiger partial charge in [0.2, 0.25) is 5.91 Å². The van der Waals surface area contributed by atoms with Crippen molar-refractivity contribution in [2.24, 2.45) is 0 Å². The average molecular weight is 250 g/mol. The third-order valence-electron chi connectivity index (χ3n) is 2.43. The molecule has 0 radical (unpaired) electrons. The van der Waals surface area contributed by atoms with Gasteiger partial charge in [-0.25, -0.2) is 0 Å². The molecule has 0 spiro atoms. The van der Waals surface area contributed by atoms with Gasteiger partial charge in [-0.15, -0.1) is 0 Å². The topological polar surface area (TPSA) is 67.4 Å². The second-order valence-corrected chi connectivity index (χ2v) is 3.87. The lowest BCUT2D eigenvalue weighted by molar-refractivity contribution is -0.114. The maximum Gasteiger partial charge on any atom is 0.221 e. The summed E-state index contributed by atoms with van der Waals surface area (Å²) in [5, 5.41) is 5.57. The van der Waals surface area contributed by atoms with Crippen molar-refractivity contribution in [3.8, 4) is 5.75 Å². The highest BCUT2D eigenvalue weighted by atomic mass is 16.5. The van der Waals surface area contributed by atoms with Crippen LogP contribution in [0.1, 0.15) is 23.7 Å². The second kappa shape index (κ2) is 6.76. The Labute approximate surface area is 107 Å². The van der Waals surface area contributed by atoms with Crippen LogP contribution < -0.4 is 15.4 Å². The minimum atomic E-state index is -0.201. The van der Waals surface area contributed by atoms with Crippen LogP contribution >= 0.6 is 0 Å². The molecule has 0 saturated heterocycles. The highest BCUT2D eigenvalue weighted by molar-refractivity contribution is 5.99. The Morgan fingerprint density at radius 2 is 2.06 bits per heavy atom. The number of ether oxygens (including phenoxy) is 1. The maximum absolute atomic E-state index is 11.8. The summed E-state index contributed by atoms with van der Waals surface area (Å²) in [4.78, 5) is 22.9. The maximum atomic E-state index is 11.8. The van der Waals surface area contributed by atoms with Crippen molar-refractivity contribution in [3.63, 3.8) is 0 Å². The molecule has 0 aromatic heterocycles. The first-order chi connectivity index (χ1) is 8.58. The summed E-state index contributed by atoms with van der Waals surface area (Å²) in [5.74, 6) is 0.363. The molecule has 0 heterocycles. The van der Waals surface area contributed by atoms with Gasteiger partial charge in [0.05, 0.1) is 12.8 Å². The molecule has 0 saturated carbocycles. The normalized spacial score (nSPS) is 9.94. The van der Waals surface area contributed by atoms with Crippen molar-refractivity contribution in [3.05, 3.63) is 23.8 Å². The molecule has 2 N–H and O–H groups in total. The van der Waals surface area contributed by atoms with Crippen molar-refractivity contribution in [2.45, 2.75) is 13.3 Å². The summed E-state index contributed by atoms with van der Waals surface area (Å²) in [6.45, 7) is 2.04. The van der Waals surface area contributed by atoms with E-state index in [9.17, 15) is 9.59 Å². The van der Waals surface area contributed by atoms with Crippen LogP contribution in [0.5, 0.6) is 5.75 Å². The number of hydrogen-bond acceptors (Lipinski definition) is 4. The van der Waals surface area contributed by atoms with E-state index in [4.69, 9.17) is 4.74 Å². The number of methoxy groups -OCH3 is 1. The fraction of sp³-hybridized carbons (Fsp3) is 0.385. The Hall–Kier alpha value is -1.88. The summed E-state index contributed by atoms with van der Waals surface area (Å²) in [5.41, 5.74) is 1.08. The van der Waals surface area contributed by atoms with E-state index in [1.165, 1.54) is 14.0 Å². The van der Waals surface area contributed by atoms with Gasteiger partial charge in [-0.3, -0.25) is 9.59 Å². The van der Waals surface area contributed by atoms with Crippen LogP contribution in [0, 0.1) is 0 Å². The fourth-order valence-electron chi connectivity index (χ4n) is 1.55. The van der Waals surface area contributed by atoms with E-state index < -0.39 is 0 Å². The van der Waals surface area contributed by atoms with E-state index in [-0.39, 0.29) is 11.7 Å². The molecular formula is C13H18N2O3. The Bertz CT molecular complexity index is 444. The predicted octanol–water partition coefficient (Wildman–Crippen LogP) is 1.45. The number of nitrogens with one attached hydrogen (secondary N) is 2. The van der Waals surface area contributed by atoms with Gasteiger partial charge in [-0.1, -0.05) is 0 Å². The highest BCUT2D eigenvalue weighted by Crippen LogP contribution is 2.25. The molecule has 1 rings (SSSR count). The fourth-order valence-corrected chi connectivity index (χ4v) is 1.55. The van der Waals surface area contributed by atoms with E-state index in [0.717, 1.165) is 0 Å². The average Bonchev–Trinajstić information content (AvgIpc) is 2.35. The monoisotopic (exact) mass is 250 g/mol. The molecule has 0 fully saturated rings. The Morgan fingerprint density at radius 3 is 2.61 bits per heavy atom. The van der Waals surface area contributed by atoms with Gasteiger partial charge < -0.3 is 15.4 Å². The van der Waals surface area contributed by atoms with Crippen LogP contribution in [-0.2, 0) is 4.79 Å². The van der Waals surface area contributed by atoms with Gasteiger partial charge >= 0.3 is 0 Å². The van der Waals surface area contributed by atoms with Gasteiger partial charge in [0, 0.05) is 25.5 Å².